The highest BCUT2D eigenvalue weighted by Gasteiger charge is 1.97. The van der Waals surface area contributed by atoms with E-state index in [1.165, 1.54) is 12.1 Å². The van der Waals surface area contributed by atoms with Crippen LogP contribution in [0.5, 0.6) is 0 Å². The number of benzene rings is 1. The predicted molar refractivity (Wildman–Crippen MR) is 45.5 cm³/mol. The smallest absolute Gasteiger partial charge is 0.126 e. The molecule has 1 rings (SSSR count). The van der Waals surface area contributed by atoms with Gasteiger partial charge in [-0.2, -0.15) is 5.26 Å². The predicted octanol–water partition coefficient (Wildman–Crippen LogP) is 2.41. The molecule has 0 fully saturated rings. The molecule has 0 amide bonds. The minimum Gasteiger partial charge on any atom is -0.372 e. The molecule has 0 aliphatic rings. The number of hydrogen-bond acceptors (Lipinski definition) is 2. The second kappa shape index (κ2) is 3.93. The Morgan fingerprint density at radius 3 is 2.83 bits per heavy atom. The summed E-state index contributed by atoms with van der Waals surface area (Å²) in [6.07, 6.45) is 0. The van der Waals surface area contributed by atoms with Crippen LogP contribution in [0.2, 0.25) is 5.02 Å². The van der Waals surface area contributed by atoms with E-state index >= 15 is 0 Å². The van der Waals surface area contributed by atoms with Crippen molar-refractivity contribution >= 4 is 17.3 Å². The topological polar surface area (TPSA) is 35.8 Å². The summed E-state index contributed by atoms with van der Waals surface area (Å²) in [5.74, 6) is -0.414. The van der Waals surface area contributed by atoms with E-state index in [-0.39, 0.29) is 6.54 Å². The van der Waals surface area contributed by atoms with Gasteiger partial charge in [-0.1, -0.05) is 11.6 Å². The third kappa shape index (κ3) is 2.40. The first-order chi connectivity index (χ1) is 5.72. The zero-order valence-electron chi connectivity index (χ0n) is 6.14. The lowest BCUT2D eigenvalue weighted by molar-refractivity contribution is 0.628. The minimum absolute atomic E-state index is 0.139. The largest absolute Gasteiger partial charge is 0.372 e. The van der Waals surface area contributed by atoms with Crippen molar-refractivity contribution in [3.63, 3.8) is 0 Å². The minimum atomic E-state index is -0.414. The second-order valence-electron chi connectivity index (χ2n) is 2.17. The summed E-state index contributed by atoms with van der Waals surface area (Å²) in [6, 6.07) is 5.92. The molecule has 0 bridgehead atoms. The summed E-state index contributed by atoms with van der Waals surface area (Å²) in [6.45, 7) is 0.139. The van der Waals surface area contributed by atoms with E-state index in [2.05, 4.69) is 5.32 Å². The average molecular weight is 185 g/mol. The average Bonchev–Trinajstić information content (AvgIpc) is 1.99. The van der Waals surface area contributed by atoms with E-state index in [1.807, 2.05) is 6.07 Å². The SMILES string of the molecule is N#CCNc1cc(F)cc(Cl)c1. The van der Waals surface area contributed by atoms with Crippen molar-refractivity contribution in [2.75, 3.05) is 11.9 Å². The van der Waals surface area contributed by atoms with Gasteiger partial charge in [0.2, 0.25) is 0 Å². The highest BCUT2D eigenvalue weighted by molar-refractivity contribution is 6.30. The molecular weight excluding hydrogens is 179 g/mol. The molecule has 0 heterocycles. The van der Waals surface area contributed by atoms with Gasteiger partial charge in [-0.3, -0.25) is 0 Å². The highest BCUT2D eigenvalue weighted by atomic mass is 35.5. The number of hydrogen-bond donors (Lipinski definition) is 1. The fourth-order valence-electron chi connectivity index (χ4n) is 0.797. The standard InChI is InChI=1S/C8H6ClFN2/c9-6-3-7(10)5-8(4-6)12-2-1-11/h3-5,12H,2H2. The molecule has 1 aromatic rings. The van der Waals surface area contributed by atoms with Gasteiger partial charge in [0.05, 0.1) is 6.07 Å². The van der Waals surface area contributed by atoms with Crippen LogP contribution in [0.4, 0.5) is 10.1 Å². The third-order valence-corrected chi connectivity index (χ3v) is 1.45. The summed E-state index contributed by atoms with van der Waals surface area (Å²) < 4.78 is 12.6. The van der Waals surface area contributed by atoms with Crippen LogP contribution in [-0.2, 0) is 0 Å². The van der Waals surface area contributed by atoms with Gasteiger partial charge in [-0.05, 0) is 18.2 Å². The molecule has 0 radical (unpaired) electrons. The molecule has 0 atom stereocenters. The summed E-state index contributed by atoms with van der Waals surface area (Å²) >= 11 is 5.57. The highest BCUT2D eigenvalue weighted by Crippen LogP contribution is 2.17. The maximum atomic E-state index is 12.6. The first-order valence-corrected chi connectivity index (χ1v) is 3.67. The zero-order chi connectivity index (χ0) is 8.97. The van der Waals surface area contributed by atoms with Crippen LogP contribution >= 0.6 is 11.6 Å². The fraction of sp³-hybridized carbons (Fsp3) is 0.125. The van der Waals surface area contributed by atoms with Gasteiger partial charge in [0.25, 0.3) is 0 Å². The Hall–Kier alpha value is -1.27. The Bertz CT molecular complexity index is 299. The van der Waals surface area contributed by atoms with Crippen LogP contribution in [0.3, 0.4) is 0 Å². The van der Waals surface area contributed by atoms with Gasteiger partial charge in [-0.25, -0.2) is 4.39 Å². The zero-order valence-corrected chi connectivity index (χ0v) is 6.90. The molecule has 4 heteroatoms. The number of anilines is 1. The van der Waals surface area contributed by atoms with E-state index in [0.717, 1.165) is 0 Å². The van der Waals surface area contributed by atoms with Crippen LogP contribution in [0.15, 0.2) is 18.2 Å². The van der Waals surface area contributed by atoms with Gasteiger partial charge in [0, 0.05) is 10.7 Å². The Morgan fingerprint density at radius 2 is 2.25 bits per heavy atom. The van der Waals surface area contributed by atoms with Crippen molar-refractivity contribution in [3.8, 4) is 6.07 Å². The molecule has 1 N–H and O–H groups in total. The monoisotopic (exact) mass is 184 g/mol. The van der Waals surface area contributed by atoms with Gasteiger partial charge in [0.15, 0.2) is 0 Å². The van der Waals surface area contributed by atoms with Crippen LogP contribution in [-0.4, -0.2) is 6.54 Å². The molecule has 0 aromatic heterocycles. The van der Waals surface area contributed by atoms with Crippen molar-refractivity contribution < 1.29 is 4.39 Å². The number of nitrogens with one attached hydrogen (secondary N) is 1. The Kier molecular flexibility index (Phi) is 2.89. The van der Waals surface area contributed by atoms with Crippen LogP contribution < -0.4 is 5.32 Å². The van der Waals surface area contributed by atoms with Crippen molar-refractivity contribution in [1.29, 1.82) is 5.26 Å². The molecule has 62 valence electrons. The molecule has 0 saturated heterocycles. The maximum absolute atomic E-state index is 12.6. The van der Waals surface area contributed by atoms with Gasteiger partial charge in [0.1, 0.15) is 12.4 Å². The van der Waals surface area contributed by atoms with E-state index in [1.54, 1.807) is 6.07 Å². The molecule has 2 nitrogen and oxygen atoms in total. The van der Waals surface area contributed by atoms with E-state index in [4.69, 9.17) is 16.9 Å². The Labute approximate surface area is 74.6 Å². The Balaban J connectivity index is 2.80. The second-order valence-corrected chi connectivity index (χ2v) is 2.61. The van der Waals surface area contributed by atoms with Crippen LogP contribution in [0, 0.1) is 17.1 Å². The Morgan fingerprint density at radius 1 is 1.50 bits per heavy atom. The molecule has 12 heavy (non-hydrogen) atoms. The van der Waals surface area contributed by atoms with Crippen LogP contribution in [0.1, 0.15) is 0 Å². The van der Waals surface area contributed by atoms with Crippen LogP contribution in [0.25, 0.3) is 0 Å². The lowest BCUT2D eigenvalue weighted by Crippen LogP contribution is -1.98. The van der Waals surface area contributed by atoms with Gasteiger partial charge < -0.3 is 5.32 Å². The summed E-state index contributed by atoms with van der Waals surface area (Å²) in [4.78, 5) is 0. The van der Waals surface area contributed by atoms with E-state index < -0.39 is 5.82 Å². The molecule has 0 saturated carbocycles. The third-order valence-electron chi connectivity index (χ3n) is 1.23. The van der Waals surface area contributed by atoms with Crippen molar-refractivity contribution in [1.82, 2.24) is 0 Å². The molecular formula is C8H6ClFN2. The number of rotatable bonds is 2. The molecule has 0 aliphatic heterocycles. The van der Waals surface area contributed by atoms with Gasteiger partial charge >= 0.3 is 0 Å². The first kappa shape index (κ1) is 8.82. The summed E-state index contributed by atoms with van der Waals surface area (Å²) in [7, 11) is 0. The number of nitrogens with zero attached hydrogens (tertiary/aromatic N) is 1. The van der Waals surface area contributed by atoms with Crippen molar-refractivity contribution in [2.45, 2.75) is 0 Å². The maximum Gasteiger partial charge on any atom is 0.126 e. The molecule has 0 unspecified atom stereocenters. The van der Waals surface area contributed by atoms with Gasteiger partial charge in [-0.15, -0.1) is 0 Å². The lowest BCUT2D eigenvalue weighted by Gasteiger charge is -2.01. The number of nitriles is 1. The molecule has 1 aromatic carbocycles. The normalized spacial score (nSPS) is 9.08. The summed E-state index contributed by atoms with van der Waals surface area (Å²) in [5, 5.41) is 11.2. The van der Waals surface area contributed by atoms with E-state index in [0.29, 0.717) is 10.7 Å². The van der Waals surface area contributed by atoms with E-state index in [9.17, 15) is 4.39 Å². The fourth-order valence-corrected chi connectivity index (χ4v) is 1.02. The molecule has 0 aliphatic carbocycles. The number of halogens is 2. The summed E-state index contributed by atoms with van der Waals surface area (Å²) in [5.41, 5.74) is 0.515. The first-order valence-electron chi connectivity index (χ1n) is 3.29. The molecule has 0 spiro atoms. The quantitative estimate of drug-likeness (QED) is 0.717. The lowest BCUT2D eigenvalue weighted by atomic mass is 10.3. The van der Waals surface area contributed by atoms with Crippen molar-refractivity contribution in [3.05, 3.63) is 29.0 Å². The van der Waals surface area contributed by atoms with Crippen molar-refractivity contribution in [2.24, 2.45) is 0 Å².